The molecule has 0 spiro atoms. The van der Waals surface area contributed by atoms with Crippen molar-refractivity contribution in [2.45, 2.75) is 0 Å². The summed E-state index contributed by atoms with van der Waals surface area (Å²) in [5.41, 5.74) is 0.695. The van der Waals surface area contributed by atoms with E-state index in [4.69, 9.17) is 4.84 Å². The second-order valence-corrected chi connectivity index (χ2v) is 3.64. The zero-order valence-corrected chi connectivity index (χ0v) is 9.30. The number of piperazine rings is 1. The molecule has 0 radical (unpaired) electrons. The Morgan fingerprint density at radius 1 is 1.25 bits per heavy atom. The Labute approximate surface area is 94.6 Å². The van der Waals surface area contributed by atoms with Crippen LogP contribution in [-0.2, 0) is 4.84 Å². The van der Waals surface area contributed by atoms with Crippen molar-refractivity contribution in [3.05, 3.63) is 30.1 Å². The van der Waals surface area contributed by atoms with Gasteiger partial charge in [0, 0.05) is 44.1 Å². The van der Waals surface area contributed by atoms with E-state index >= 15 is 0 Å². The van der Waals surface area contributed by atoms with Crippen molar-refractivity contribution < 1.29 is 9.63 Å². The number of hydroxylamine groups is 2. The molecule has 2 heterocycles. The first-order chi connectivity index (χ1) is 7.81. The average Bonchev–Trinajstić information content (AvgIpc) is 2.39. The van der Waals surface area contributed by atoms with E-state index in [0.29, 0.717) is 18.7 Å². The van der Waals surface area contributed by atoms with Gasteiger partial charge in [0.25, 0.3) is 5.91 Å². The summed E-state index contributed by atoms with van der Waals surface area (Å²) in [6.07, 6.45) is 3.28. The van der Waals surface area contributed by atoms with Crippen LogP contribution < -0.4 is 0 Å². The molecule has 0 atom stereocenters. The molecule has 5 heteroatoms. The lowest BCUT2D eigenvalue weighted by Gasteiger charge is -2.33. The van der Waals surface area contributed by atoms with E-state index in [9.17, 15) is 4.79 Å². The summed E-state index contributed by atoms with van der Waals surface area (Å²) in [6, 6.07) is 3.48. The molecule has 0 aliphatic carbocycles. The van der Waals surface area contributed by atoms with Gasteiger partial charge < -0.3 is 9.74 Å². The highest BCUT2D eigenvalue weighted by atomic mass is 16.7. The lowest BCUT2D eigenvalue weighted by Crippen LogP contribution is -2.48. The lowest BCUT2D eigenvalue weighted by atomic mass is 10.2. The highest BCUT2D eigenvalue weighted by Gasteiger charge is 2.21. The molecule has 0 N–H and O–H groups in total. The zero-order valence-electron chi connectivity index (χ0n) is 9.30. The first-order valence-electron chi connectivity index (χ1n) is 5.29. The molecule has 0 bridgehead atoms. The number of aromatic nitrogens is 1. The summed E-state index contributed by atoms with van der Waals surface area (Å²) in [5, 5.41) is 1.86. The van der Waals surface area contributed by atoms with Crippen LogP contribution in [0.1, 0.15) is 10.4 Å². The van der Waals surface area contributed by atoms with E-state index in [-0.39, 0.29) is 5.91 Å². The van der Waals surface area contributed by atoms with Crippen LogP contribution in [0.4, 0.5) is 0 Å². The summed E-state index contributed by atoms with van der Waals surface area (Å²) in [6.45, 7) is 2.92. The number of carbonyl (C=O) groups is 1. The molecule has 5 nitrogen and oxygen atoms in total. The first kappa shape index (κ1) is 11.0. The minimum atomic E-state index is 0.0677. The predicted molar refractivity (Wildman–Crippen MR) is 58.7 cm³/mol. The molecule has 1 saturated heterocycles. The normalized spacial score (nSPS) is 17.4. The quantitative estimate of drug-likeness (QED) is 0.725. The van der Waals surface area contributed by atoms with Crippen molar-refractivity contribution in [1.29, 1.82) is 0 Å². The fourth-order valence-electron chi connectivity index (χ4n) is 1.75. The molecule has 1 aliphatic rings. The number of amides is 1. The van der Waals surface area contributed by atoms with E-state index in [1.54, 1.807) is 31.6 Å². The van der Waals surface area contributed by atoms with Gasteiger partial charge in [-0.2, -0.15) is 5.06 Å². The topological polar surface area (TPSA) is 45.7 Å². The van der Waals surface area contributed by atoms with E-state index in [1.165, 1.54) is 0 Å². The lowest BCUT2D eigenvalue weighted by molar-refractivity contribution is -0.147. The number of carbonyl (C=O) groups excluding carboxylic acids is 1. The van der Waals surface area contributed by atoms with Gasteiger partial charge in [-0.1, -0.05) is 0 Å². The molecule has 86 valence electrons. The van der Waals surface area contributed by atoms with E-state index in [0.717, 1.165) is 13.1 Å². The molecule has 1 aliphatic heterocycles. The van der Waals surface area contributed by atoms with Gasteiger partial charge in [0.05, 0.1) is 7.11 Å². The summed E-state index contributed by atoms with van der Waals surface area (Å²) in [4.78, 5) is 22.9. The van der Waals surface area contributed by atoms with Gasteiger partial charge in [-0.25, -0.2) is 0 Å². The summed E-state index contributed by atoms with van der Waals surface area (Å²) in [5.74, 6) is 0.0677. The van der Waals surface area contributed by atoms with Crippen molar-refractivity contribution >= 4 is 5.91 Å². The highest BCUT2D eigenvalue weighted by molar-refractivity contribution is 5.94. The van der Waals surface area contributed by atoms with Crippen LogP contribution >= 0.6 is 0 Å². The largest absolute Gasteiger partial charge is 0.336 e. The van der Waals surface area contributed by atoms with Crippen LogP contribution in [0.15, 0.2) is 24.5 Å². The van der Waals surface area contributed by atoms with Crippen LogP contribution in [0.25, 0.3) is 0 Å². The van der Waals surface area contributed by atoms with E-state index < -0.39 is 0 Å². The predicted octanol–water partition coefficient (Wildman–Crippen LogP) is 0.401. The standard InChI is InChI=1S/C11H15N3O2/c1-16-14-8-6-13(7-9-14)11(15)10-2-4-12-5-3-10/h2-5H,6-9H2,1H3. The molecular weight excluding hydrogens is 206 g/mol. The van der Waals surface area contributed by atoms with Gasteiger partial charge in [0.15, 0.2) is 0 Å². The molecule has 2 rings (SSSR count). The average molecular weight is 221 g/mol. The second-order valence-electron chi connectivity index (χ2n) is 3.64. The van der Waals surface area contributed by atoms with E-state index in [1.807, 2.05) is 9.96 Å². The number of rotatable bonds is 2. The van der Waals surface area contributed by atoms with Crippen LogP contribution in [-0.4, -0.2) is 54.1 Å². The molecule has 0 unspecified atom stereocenters. The second kappa shape index (κ2) is 5.05. The van der Waals surface area contributed by atoms with Crippen LogP contribution in [0.5, 0.6) is 0 Å². The maximum absolute atomic E-state index is 12.0. The van der Waals surface area contributed by atoms with Gasteiger partial charge in [0.1, 0.15) is 0 Å². The fraction of sp³-hybridized carbons (Fsp3) is 0.455. The Bertz CT molecular complexity index is 348. The third kappa shape index (κ3) is 2.37. The summed E-state index contributed by atoms with van der Waals surface area (Å²) >= 11 is 0. The molecule has 1 aromatic rings. The minimum Gasteiger partial charge on any atom is -0.336 e. The Morgan fingerprint density at radius 3 is 2.44 bits per heavy atom. The van der Waals surface area contributed by atoms with Crippen molar-refractivity contribution in [3.8, 4) is 0 Å². The Hall–Kier alpha value is -1.46. The number of hydrogen-bond donors (Lipinski definition) is 0. The van der Waals surface area contributed by atoms with Gasteiger partial charge in [-0.05, 0) is 12.1 Å². The van der Waals surface area contributed by atoms with E-state index in [2.05, 4.69) is 4.98 Å². The molecule has 1 amide bonds. The van der Waals surface area contributed by atoms with Crippen molar-refractivity contribution in [1.82, 2.24) is 14.9 Å². The van der Waals surface area contributed by atoms with Crippen molar-refractivity contribution in [2.75, 3.05) is 33.3 Å². The van der Waals surface area contributed by atoms with Crippen LogP contribution in [0.2, 0.25) is 0 Å². The maximum atomic E-state index is 12.0. The third-order valence-electron chi connectivity index (χ3n) is 2.71. The Balaban J connectivity index is 1.97. The van der Waals surface area contributed by atoms with Crippen LogP contribution in [0.3, 0.4) is 0 Å². The van der Waals surface area contributed by atoms with Gasteiger partial charge in [0.2, 0.25) is 0 Å². The Morgan fingerprint density at radius 2 is 1.88 bits per heavy atom. The third-order valence-corrected chi connectivity index (χ3v) is 2.71. The number of hydrogen-bond acceptors (Lipinski definition) is 4. The van der Waals surface area contributed by atoms with Crippen molar-refractivity contribution in [2.24, 2.45) is 0 Å². The van der Waals surface area contributed by atoms with Gasteiger partial charge in [-0.3, -0.25) is 9.78 Å². The fourth-order valence-corrected chi connectivity index (χ4v) is 1.75. The van der Waals surface area contributed by atoms with Crippen LogP contribution in [0, 0.1) is 0 Å². The summed E-state index contributed by atoms with van der Waals surface area (Å²) < 4.78 is 0. The molecule has 0 aromatic carbocycles. The molecule has 16 heavy (non-hydrogen) atoms. The van der Waals surface area contributed by atoms with Gasteiger partial charge in [-0.15, -0.1) is 0 Å². The number of nitrogens with zero attached hydrogens (tertiary/aromatic N) is 3. The molecule has 0 saturated carbocycles. The maximum Gasteiger partial charge on any atom is 0.254 e. The highest BCUT2D eigenvalue weighted by Crippen LogP contribution is 2.07. The van der Waals surface area contributed by atoms with Crippen molar-refractivity contribution in [3.63, 3.8) is 0 Å². The number of pyridine rings is 1. The summed E-state index contributed by atoms with van der Waals surface area (Å²) in [7, 11) is 1.65. The molecule has 1 aromatic heterocycles. The smallest absolute Gasteiger partial charge is 0.254 e. The van der Waals surface area contributed by atoms with Gasteiger partial charge >= 0.3 is 0 Å². The SMILES string of the molecule is CON1CCN(C(=O)c2ccncc2)CC1. The molecular formula is C11H15N3O2. The molecule has 1 fully saturated rings. The minimum absolute atomic E-state index is 0.0677. The monoisotopic (exact) mass is 221 g/mol. The first-order valence-corrected chi connectivity index (χ1v) is 5.29. The Kier molecular flexibility index (Phi) is 3.48. The zero-order chi connectivity index (χ0) is 11.4.